The Labute approximate surface area is 204 Å². The summed E-state index contributed by atoms with van der Waals surface area (Å²) in [6.45, 7) is 6.52. The number of aryl methyl sites for hydroxylation is 1. The van der Waals surface area contributed by atoms with Crippen molar-refractivity contribution in [3.8, 4) is 0 Å². The van der Waals surface area contributed by atoms with E-state index in [-0.39, 0.29) is 11.7 Å². The van der Waals surface area contributed by atoms with E-state index in [1.807, 2.05) is 24.3 Å². The number of hydrogen-bond acceptors (Lipinski definition) is 7. The van der Waals surface area contributed by atoms with Crippen molar-refractivity contribution >= 4 is 17.4 Å². The van der Waals surface area contributed by atoms with E-state index in [0.29, 0.717) is 50.0 Å². The summed E-state index contributed by atoms with van der Waals surface area (Å²) in [5.74, 6) is 1.88. The minimum atomic E-state index is -0.200. The van der Waals surface area contributed by atoms with Gasteiger partial charge in [0, 0.05) is 39.0 Å². The Kier molecular flexibility index (Phi) is 7.48. The maximum Gasteiger partial charge on any atom is 0.220 e. The first-order valence-electron chi connectivity index (χ1n) is 12.4. The number of benzene rings is 1. The number of likely N-dealkylation sites (tertiary alicyclic amines) is 1. The molecule has 0 atom stereocenters. The number of piperidine rings is 1. The number of carbonyl (C=O) groups excluding carboxylic acids is 1. The maximum absolute atomic E-state index is 13.1. The Morgan fingerprint density at radius 2 is 1.80 bits per heavy atom. The molecule has 2 aliphatic rings. The van der Waals surface area contributed by atoms with Gasteiger partial charge in [-0.3, -0.25) is 9.69 Å². The molecule has 4 heterocycles. The van der Waals surface area contributed by atoms with Gasteiger partial charge in [-0.25, -0.2) is 4.39 Å². The number of nitrogens with one attached hydrogen (secondary N) is 1. The predicted octanol–water partition coefficient (Wildman–Crippen LogP) is 2.06. The van der Waals surface area contributed by atoms with Crippen molar-refractivity contribution < 1.29 is 13.9 Å². The number of ether oxygens (including phenoxy) is 1. The largest absolute Gasteiger partial charge is 0.378 e. The van der Waals surface area contributed by atoms with E-state index >= 15 is 0 Å². The number of rotatable bonds is 8. The molecule has 1 N–H and O–H groups in total. The first kappa shape index (κ1) is 23.6. The van der Waals surface area contributed by atoms with Crippen molar-refractivity contribution in [2.45, 2.75) is 32.2 Å². The molecule has 0 aliphatic carbocycles. The Bertz CT molecular complexity index is 1120. The molecule has 2 aliphatic heterocycles. The molecule has 35 heavy (non-hydrogen) atoms. The summed E-state index contributed by atoms with van der Waals surface area (Å²) >= 11 is 0. The van der Waals surface area contributed by atoms with E-state index in [9.17, 15) is 9.18 Å². The number of anilines is 1. The van der Waals surface area contributed by atoms with Crippen molar-refractivity contribution in [3.63, 3.8) is 0 Å². The van der Waals surface area contributed by atoms with Gasteiger partial charge in [-0.15, -0.1) is 15.3 Å². The highest BCUT2D eigenvalue weighted by Gasteiger charge is 2.20. The Hall–Kier alpha value is -3.11. The fraction of sp³-hybridized carbons (Fsp3) is 0.520. The van der Waals surface area contributed by atoms with Crippen LogP contribution < -0.4 is 10.2 Å². The fourth-order valence-corrected chi connectivity index (χ4v) is 4.71. The average Bonchev–Trinajstić information content (AvgIpc) is 3.31. The molecule has 1 aromatic carbocycles. The summed E-state index contributed by atoms with van der Waals surface area (Å²) in [6, 6.07) is 10.6. The third-order valence-corrected chi connectivity index (χ3v) is 6.84. The van der Waals surface area contributed by atoms with E-state index < -0.39 is 0 Å². The minimum Gasteiger partial charge on any atom is -0.378 e. The molecule has 2 saturated heterocycles. The fourth-order valence-electron chi connectivity index (χ4n) is 4.71. The molecule has 5 rings (SSSR count). The Balaban J connectivity index is 1.06. The number of morpholine rings is 1. The number of halogens is 1. The first-order chi connectivity index (χ1) is 17.1. The molecular weight excluding hydrogens is 449 g/mol. The molecule has 0 unspecified atom stereocenters. The van der Waals surface area contributed by atoms with Crippen LogP contribution in [0.4, 0.5) is 10.2 Å². The lowest BCUT2D eigenvalue weighted by Gasteiger charge is -2.32. The van der Waals surface area contributed by atoms with E-state index in [4.69, 9.17) is 9.84 Å². The van der Waals surface area contributed by atoms with Crippen LogP contribution in [0.25, 0.3) is 5.65 Å². The number of fused-ring (bicyclic) bond motifs is 1. The number of hydrogen-bond donors (Lipinski definition) is 1. The molecule has 0 bridgehead atoms. The zero-order chi connectivity index (χ0) is 24.0. The summed E-state index contributed by atoms with van der Waals surface area (Å²) < 4.78 is 20.3. The van der Waals surface area contributed by atoms with E-state index in [2.05, 4.69) is 25.3 Å². The molecule has 9 nitrogen and oxygen atoms in total. The van der Waals surface area contributed by atoms with Crippen LogP contribution in [0.5, 0.6) is 0 Å². The monoisotopic (exact) mass is 481 g/mol. The quantitative estimate of drug-likeness (QED) is 0.527. The maximum atomic E-state index is 13.1. The van der Waals surface area contributed by atoms with Crippen molar-refractivity contribution in [1.29, 1.82) is 0 Å². The lowest BCUT2D eigenvalue weighted by atomic mass is 9.96. The van der Waals surface area contributed by atoms with Gasteiger partial charge in [0.25, 0.3) is 0 Å². The summed E-state index contributed by atoms with van der Waals surface area (Å²) in [5.41, 5.74) is 1.82. The van der Waals surface area contributed by atoms with Gasteiger partial charge in [-0.05, 0) is 61.7 Å². The van der Waals surface area contributed by atoms with Crippen LogP contribution in [0.3, 0.4) is 0 Å². The van der Waals surface area contributed by atoms with E-state index in [1.165, 1.54) is 12.1 Å². The van der Waals surface area contributed by atoms with Crippen molar-refractivity contribution in [2.75, 3.05) is 50.8 Å². The topological polar surface area (TPSA) is 87.9 Å². The molecule has 0 spiro atoms. The first-order valence-corrected chi connectivity index (χ1v) is 12.4. The van der Waals surface area contributed by atoms with Gasteiger partial charge in [-0.2, -0.15) is 4.52 Å². The summed E-state index contributed by atoms with van der Waals surface area (Å²) in [4.78, 5) is 17.1. The SMILES string of the molecule is O=C(CCc1nnc2ccc(N3CCOCC3)nn12)NCC1CCN(Cc2ccc(F)cc2)CC1. The molecule has 1 amide bonds. The predicted molar refractivity (Wildman–Crippen MR) is 130 cm³/mol. The number of carbonyl (C=O) groups is 1. The van der Waals surface area contributed by atoms with Crippen molar-refractivity contribution in [1.82, 2.24) is 30.0 Å². The number of amides is 1. The standard InChI is InChI=1S/C25H32FN7O2/c26-21-3-1-20(2-4-21)18-31-11-9-19(10-12-31)17-27-25(34)8-7-23-29-28-22-5-6-24(30-33(22)23)32-13-15-35-16-14-32/h1-6,19H,7-18H2,(H,27,34). The van der Waals surface area contributed by atoms with Crippen LogP contribution in [0.1, 0.15) is 30.7 Å². The molecule has 2 aromatic heterocycles. The van der Waals surface area contributed by atoms with Crippen molar-refractivity contribution in [2.24, 2.45) is 5.92 Å². The number of aromatic nitrogens is 4. The van der Waals surface area contributed by atoms with Gasteiger partial charge in [-0.1, -0.05) is 12.1 Å². The molecule has 10 heteroatoms. The lowest BCUT2D eigenvalue weighted by Crippen LogP contribution is -2.38. The van der Waals surface area contributed by atoms with Gasteiger partial charge in [0.05, 0.1) is 13.2 Å². The van der Waals surface area contributed by atoms with Crippen LogP contribution in [0.15, 0.2) is 36.4 Å². The zero-order valence-corrected chi connectivity index (χ0v) is 19.9. The van der Waals surface area contributed by atoms with Gasteiger partial charge in [0.15, 0.2) is 11.5 Å². The highest BCUT2D eigenvalue weighted by Crippen LogP contribution is 2.19. The van der Waals surface area contributed by atoms with Gasteiger partial charge in [0.1, 0.15) is 11.6 Å². The molecule has 2 fully saturated rings. The smallest absolute Gasteiger partial charge is 0.220 e. The third-order valence-electron chi connectivity index (χ3n) is 6.84. The highest BCUT2D eigenvalue weighted by molar-refractivity contribution is 5.76. The molecule has 0 saturated carbocycles. The Morgan fingerprint density at radius 3 is 2.57 bits per heavy atom. The molecule has 186 valence electrons. The van der Waals surface area contributed by atoms with Crippen LogP contribution >= 0.6 is 0 Å². The summed E-state index contributed by atoms with van der Waals surface area (Å²) in [7, 11) is 0. The molecule has 3 aromatic rings. The summed E-state index contributed by atoms with van der Waals surface area (Å²) in [6.07, 6.45) is 2.94. The Morgan fingerprint density at radius 1 is 1.03 bits per heavy atom. The van der Waals surface area contributed by atoms with Gasteiger partial charge < -0.3 is 15.0 Å². The van der Waals surface area contributed by atoms with E-state index in [0.717, 1.165) is 56.9 Å². The minimum absolute atomic E-state index is 0.0276. The highest BCUT2D eigenvalue weighted by atomic mass is 19.1. The van der Waals surface area contributed by atoms with Crippen LogP contribution in [0, 0.1) is 11.7 Å². The third kappa shape index (κ3) is 6.12. The normalized spacial score (nSPS) is 17.7. The number of nitrogens with zero attached hydrogens (tertiary/aromatic N) is 6. The van der Waals surface area contributed by atoms with Crippen LogP contribution in [-0.2, 0) is 22.5 Å². The second-order valence-corrected chi connectivity index (χ2v) is 9.33. The van der Waals surface area contributed by atoms with Gasteiger partial charge in [0.2, 0.25) is 5.91 Å². The lowest BCUT2D eigenvalue weighted by molar-refractivity contribution is -0.121. The molecular formula is C25H32FN7O2. The van der Waals surface area contributed by atoms with E-state index in [1.54, 1.807) is 4.52 Å². The van der Waals surface area contributed by atoms with Crippen LogP contribution in [-0.4, -0.2) is 76.6 Å². The summed E-state index contributed by atoms with van der Waals surface area (Å²) in [5, 5.41) is 16.3. The molecule has 0 radical (unpaired) electrons. The second-order valence-electron chi connectivity index (χ2n) is 9.33. The van der Waals surface area contributed by atoms with Crippen LogP contribution in [0.2, 0.25) is 0 Å². The second kappa shape index (κ2) is 11.1. The van der Waals surface area contributed by atoms with Crippen molar-refractivity contribution in [3.05, 3.63) is 53.6 Å². The average molecular weight is 482 g/mol. The van der Waals surface area contributed by atoms with Gasteiger partial charge >= 0.3 is 0 Å². The zero-order valence-electron chi connectivity index (χ0n) is 19.9.